The molecule has 0 heterocycles. The summed E-state index contributed by atoms with van der Waals surface area (Å²) in [6.45, 7) is 4.40. The van der Waals surface area contributed by atoms with Gasteiger partial charge in [0.25, 0.3) is 0 Å². The van der Waals surface area contributed by atoms with Crippen molar-refractivity contribution >= 4 is 39.5 Å². The largest absolute Gasteiger partial charge is 0.472 e. The molecule has 0 aromatic carbocycles. The van der Waals surface area contributed by atoms with Crippen LogP contribution >= 0.6 is 15.6 Å². The number of unbranched alkanes of at least 4 members (excludes halogenated alkanes) is 18. The number of hydrogen-bond donors (Lipinski definition) is 3. The zero-order valence-corrected chi connectivity index (χ0v) is 66.2. The number of aliphatic hydroxyl groups excluding tert-OH is 1. The summed E-state index contributed by atoms with van der Waals surface area (Å²) in [4.78, 5) is 72.9. The number of rotatable bonds is 72. The number of phosphoric acid groups is 2. The summed E-state index contributed by atoms with van der Waals surface area (Å²) in [6, 6.07) is 0. The van der Waals surface area contributed by atoms with Gasteiger partial charge >= 0.3 is 39.5 Å². The van der Waals surface area contributed by atoms with Crippen LogP contribution in [0.5, 0.6) is 0 Å². The quantitative estimate of drug-likeness (QED) is 0.0169. The van der Waals surface area contributed by atoms with E-state index in [0.717, 1.165) is 141 Å². The lowest BCUT2D eigenvalue weighted by molar-refractivity contribution is -0.161. The van der Waals surface area contributed by atoms with Crippen LogP contribution in [0.4, 0.5) is 0 Å². The van der Waals surface area contributed by atoms with E-state index in [0.29, 0.717) is 38.5 Å². The van der Waals surface area contributed by atoms with Gasteiger partial charge < -0.3 is 33.8 Å². The van der Waals surface area contributed by atoms with E-state index in [-0.39, 0.29) is 25.7 Å². The highest BCUT2D eigenvalue weighted by molar-refractivity contribution is 7.47. The fourth-order valence-corrected chi connectivity index (χ4v) is 11.3. The molecule has 0 radical (unpaired) electrons. The maximum Gasteiger partial charge on any atom is 0.472 e. The highest BCUT2D eigenvalue weighted by Gasteiger charge is 2.30. The number of hydrogen-bond acceptors (Lipinski definition) is 15. The van der Waals surface area contributed by atoms with Crippen molar-refractivity contribution in [1.29, 1.82) is 0 Å². The van der Waals surface area contributed by atoms with E-state index in [1.807, 2.05) is 36.5 Å². The van der Waals surface area contributed by atoms with Crippen LogP contribution in [0, 0.1) is 0 Å². The number of carbonyl (C=O) groups excluding carboxylic acids is 4. The summed E-state index contributed by atoms with van der Waals surface area (Å²) in [5.74, 6) is -2.40. The molecule has 590 valence electrons. The molecule has 0 aliphatic carbocycles. The maximum absolute atomic E-state index is 13.1. The first-order chi connectivity index (χ1) is 50.7. The van der Waals surface area contributed by atoms with Gasteiger partial charge in [-0.1, -0.05) is 275 Å². The number of esters is 4. The average molecular weight is 1490 g/mol. The van der Waals surface area contributed by atoms with Gasteiger partial charge in [-0.3, -0.25) is 37.3 Å². The van der Waals surface area contributed by atoms with Crippen molar-refractivity contribution in [2.75, 3.05) is 39.6 Å². The van der Waals surface area contributed by atoms with E-state index in [2.05, 4.69) is 161 Å². The minimum absolute atomic E-state index is 0.0392. The van der Waals surface area contributed by atoms with Crippen molar-refractivity contribution in [2.45, 2.75) is 303 Å². The normalized spacial score (nSPS) is 14.8. The Bertz CT molecular complexity index is 2460. The van der Waals surface area contributed by atoms with Crippen LogP contribution in [0.15, 0.2) is 170 Å². The van der Waals surface area contributed by atoms with Crippen LogP contribution in [-0.4, -0.2) is 96.7 Å². The summed E-state index contributed by atoms with van der Waals surface area (Å²) >= 11 is 0. The van der Waals surface area contributed by atoms with Gasteiger partial charge in [0.05, 0.1) is 26.4 Å². The molecule has 4 atom stereocenters. The van der Waals surface area contributed by atoms with Gasteiger partial charge in [0.15, 0.2) is 12.2 Å². The third kappa shape index (κ3) is 74.7. The Hall–Kier alpha value is -5.58. The monoisotopic (exact) mass is 1490 g/mol. The molecule has 0 saturated carbocycles. The third-order valence-corrected chi connectivity index (χ3v) is 17.6. The summed E-state index contributed by atoms with van der Waals surface area (Å²) in [6.07, 6.45) is 89.4. The molecule has 0 saturated heterocycles. The summed E-state index contributed by atoms with van der Waals surface area (Å²) in [5.41, 5.74) is 0. The van der Waals surface area contributed by atoms with Crippen LogP contribution in [0.25, 0.3) is 0 Å². The van der Waals surface area contributed by atoms with Crippen molar-refractivity contribution < 1.29 is 80.2 Å². The van der Waals surface area contributed by atoms with E-state index in [4.69, 9.17) is 37.0 Å². The van der Waals surface area contributed by atoms with E-state index < -0.39 is 97.5 Å². The summed E-state index contributed by atoms with van der Waals surface area (Å²) in [5, 5.41) is 10.6. The molecule has 3 N–H and O–H groups in total. The first kappa shape index (κ1) is 98.4. The Labute approximate surface area is 629 Å². The molecule has 0 rings (SSSR count). The zero-order chi connectivity index (χ0) is 76.0. The van der Waals surface area contributed by atoms with Crippen molar-refractivity contribution in [2.24, 2.45) is 0 Å². The summed E-state index contributed by atoms with van der Waals surface area (Å²) in [7, 11) is -10.0. The van der Waals surface area contributed by atoms with Gasteiger partial charge in [-0.15, -0.1) is 0 Å². The lowest BCUT2D eigenvalue weighted by Crippen LogP contribution is -2.30. The Balaban J connectivity index is 5.52. The van der Waals surface area contributed by atoms with E-state index >= 15 is 0 Å². The molecular weight excluding hydrogens is 1350 g/mol. The second-order valence-electron chi connectivity index (χ2n) is 25.5. The van der Waals surface area contributed by atoms with Gasteiger partial charge in [-0.25, -0.2) is 9.13 Å². The van der Waals surface area contributed by atoms with Crippen LogP contribution in [-0.2, 0) is 65.4 Å². The van der Waals surface area contributed by atoms with Gasteiger partial charge in [-0.2, -0.15) is 0 Å². The number of carbonyl (C=O) groups is 4. The maximum atomic E-state index is 13.1. The minimum Gasteiger partial charge on any atom is -0.462 e. The second-order valence-corrected chi connectivity index (χ2v) is 28.4. The Kier molecular flexibility index (Phi) is 71.6. The summed E-state index contributed by atoms with van der Waals surface area (Å²) < 4.78 is 68.3. The highest BCUT2D eigenvalue weighted by Crippen LogP contribution is 2.45. The molecule has 0 bridgehead atoms. The van der Waals surface area contributed by atoms with E-state index in [1.165, 1.54) is 51.4 Å². The van der Waals surface area contributed by atoms with Crippen molar-refractivity contribution in [3.8, 4) is 0 Å². The Morgan fingerprint density at radius 3 is 0.808 bits per heavy atom. The zero-order valence-electron chi connectivity index (χ0n) is 64.4. The first-order valence-electron chi connectivity index (χ1n) is 39.4. The second kappa shape index (κ2) is 75.6. The standard InChI is InChI=1S/C85H138O17P2/c1-5-9-13-17-21-25-29-33-35-37-39-41-43-47-51-55-59-63-67-71-84(89)101-80(75-95-82(87)69-65-61-57-53-49-45-31-27-23-19-15-11-7-3)77-99-103(91,92)97-73-79(86)74-98-104(93,94)100-78-81(76-96-83(88)70-66-62-58-54-50-46-32-28-24-20-16-12-8-4)102-85(90)72-68-64-60-56-52-48-44-42-40-38-36-34-30-26-22-18-14-10-6-2/h9-10,13-14,21-22,25-28,31-36,39-42,47-48,51-52,59-60,63-64,79-81,86H,5-8,11-12,15-20,23-24,29-30,37-38,43-46,49-50,53-58,61-62,65-78H2,1-4H3,(H,91,92)(H,93,94)/b13-9-,14-10-,25-21-,26-22-,31-27-,32-28-,35-33-,36-34-,41-39-,42-40-,51-47-,52-48-,63-59-,64-60-/t80-,81-/m1/s1. The molecule has 0 aliphatic heterocycles. The third-order valence-electron chi connectivity index (χ3n) is 15.7. The topological polar surface area (TPSA) is 237 Å². The molecule has 17 nitrogen and oxygen atoms in total. The van der Waals surface area contributed by atoms with E-state index in [9.17, 15) is 43.2 Å². The lowest BCUT2D eigenvalue weighted by Gasteiger charge is -2.21. The van der Waals surface area contributed by atoms with Crippen LogP contribution in [0.3, 0.4) is 0 Å². The molecule has 0 aromatic heterocycles. The fraction of sp³-hybridized carbons (Fsp3) is 0.624. The number of aliphatic hydroxyl groups is 1. The molecule has 104 heavy (non-hydrogen) atoms. The average Bonchev–Trinajstić information content (AvgIpc) is 0.907. The lowest BCUT2D eigenvalue weighted by atomic mass is 10.1. The smallest absolute Gasteiger partial charge is 0.462 e. The molecule has 0 spiro atoms. The number of ether oxygens (including phenoxy) is 4. The molecule has 2 unspecified atom stereocenters. The number of allylic oxidation sites excluding steroid dienone is 28. The predicted molar refractivity (Wildman–Crippen MR) is 426 cm³/mol. The van der Waals surface area contributed by atoms with Gasteiger partial charge in [0.2, 0.25) is 0 Å². The van der Waals surface area contributed by atoms with Gasteiger partial charge in [0.1, 0.15) is 19.3 Å². The molecule has 0 aromatic rings. The fourth-order valence-electron chi connectivity index (χ4n) is 9.73. The molecule has 0 fully saturated rings. The minimum atomic E-state index is -5.01. The van der Waals surface area contributed by atoms with Gasteiger partial charge in [-0.05, 0) is 154 Å². The highest BCUT2D eigenvalue weighted by atomic mass is 31.2. The molecule has 0 amide bonds. The Morgan fingerprint density at radius 1 is 0.279 bits per heavy atom. The van der Waals surface area contributed by atoms with Crippen LogP contribution in [0.1, 0.15) is 285 Å². The molecule has 19 heteroatoms. The SMILES string of the molecule is CC/C=C\C/C=C\C/C=C\C/C=C\C/C=C\C/C=C\CCC(=O)O[C@H](COC(=O)CCCCCCC/C=C\CCCCCC)COP(=O)(O)OCC(O)COP(=O)(O)OC[C@@H](COC(=O)CCCCCCC/C=C\CCCCCC)OC(=O)CC/C=C\C/C=C\C/C=C\C/C=C\C/C=C\C/C=C\CC. The van der Waals surface area contributed by atoms with E-state index in [1.54, 1.807) is 0 Å². The molecule has 0 aliphatic rings. The predicted octanol–water partition coefficient (Wildman–Crippen LogP) is 23.0. The van der Waals surface area contributed by atoms with Crippen LogP contribution < -0.4 is 0 Å². The van der Waals surface area contributed by atoms with Crippen LogP contribution in [0.2, 0.25) is 0 Å². The first-order valence-corrected chi connectivity index (χ1v) is 42.4. The Morgan fingerprint density at radius 2 is 0.519 bits per heavy atom. The van der Waals surface area contributed by atoms with Gasteiger partial charge in [0, 0.05) is 25.7 Å². The van der Waals surface area contributed by atoms with Crippen molar-refractivity contribution in [3.05, 3.63) is 170 Å². The van der Waals surface area contributed by atoms with Crippen molar-refractivity contribution in [1.82, 2.24) is 0 Å². The number of phosphoric ester groups is 2. The van der Waals surface area contributed by atoms with Crippen molar-refractivity contribution in [3.63, 3.8) is 0 Å². The molecular formula is C85H138O17P2.